The molecule has 1 N–H and O–H groups in total. The van der Waals surface area contributed by atoms with Gasteiger partial charge >= 0.3 is 0 Å². The summed E-state index contributed by atoms with van der Waals surface area (Å²) in [4.78, 5) is 4.84. The first-order valence-corrected chi connectivity index (χ1v) is 6.24. The zero-order valence-electron chi connectivity index (χ0n) is 10.6. The van der Waals surface area contributed by atoms with Gasteiger partial charge in [-0.1, -0.05) is 0 Å². The average molecular weight is 224 g/mol. The summed E-state index contributed by atoms with van der Waals surface area (Å²) in [7, 11) is 3.98. The fraction of sp³-hybridized carbons (Fsp3) is 0.917. The van der Waals surface area contributed by atoms with Crippen LogP contribution in [0.3, 0.4) is 0 Å². The molecule has 0 aromatic heterocycles. The van der Waals surface area contributed by atoms with Gasteiger partial charge in [0.25, 0.3) is 0 Å². The highest BCUT2D eigenvalue weighted by molar-refractivity contribution is 4.88. The molecule has 1 fully saturated rings. The van der Waals surface area contributed by atoms with Gasteiger partial charge in [0.1, 0.15) is 0 Å². The van der Waals surface area contributed by atoms with E-state index in [1.165, 1.54) is 32.5 Å². The number of likely N-dealkylation sites (N-methyl/N-ethyl adjacent to an activating group) is 1. The Labute approximate surface area is 99.2 Å². The number of nitrogens with zero attached hydrogens (tertiary/aromatic N) is 3. The van der Waals surface area contributed by atoms with Gasteiger partial charge in [0, 0.05) is 19.6 Å². The summed E-state index contributed by atoms with van der Waals surface area (Å²) in [5.74, 6) is 0. The van der Waals surface area contributed by atoms with Crippen LogP contribution in [0.5, 0.6) is 0 Å². The fourth-order valence-corrected chi connectivity index (χ4v) is 2.05. The molecule has 0 aromatic rings. The van der Waals surface area contributed by atoms with Crippen LogP contribution in [0.15, 0.2) is 0 Å². The number of rotatable bonds is 7. The molecule has 1 saturated heterocycles. The smallest absolute Gasteiger partial charge is 0.0962 e. The largest absolute Gasteiger partial charge is 0.305 e. The molecule has 1 aliphatic rings. The molecule has 0 spiro atoms. The third-order valence-electron chi connectivity index (χ3n) is 3.30. The molecule has 1 aliphatic heterocycles. The quantitative estimate of drug-likeness (QED) is 0.684. The Morgan fingerprint density at radius 3 is 2.62 bits per heavy atom. The van der Waals surface area contributed by atoms with E-state index >= 15 is 0 Å². The van der Waals surface area contributed by atoms with Crippen LogP contribution in [0.4, 0.5) is 0 Å². The van der Waals surface area contributed by atoms with E-state index in [0.29, 0.717) is 0 Å². The van der Waals surface area contributed by atoms with Crippen molar-refractivity contribution >= 4 is 0 Å². The van der Waals surface area contributed by atoms with Crippen LogP contribution in [0.1, 0.15) is 19.3 Å². The molecule has 0 amide bonds. The van der Waals surface area contributed by atoms with Crippen molar-refractivity contribution in [3.8, 4) is 6.07 Å². The lowest BCUT2D eigenvalue weighted by atomic mass is 10.2. The summed E-state index contributed by atoms with van der Waals surface area (Å²) in [6.07, 6.45) is 3.63. The van der Waals surface area contributed by atoms with Crippen LogP contribution < -0.4 is 5.32 Å². The molecule has 0 aliphatic carbocycles. The molecule has 4 nitrogen and oxygen atoms in total. The lowest BCUT2D eigenvalue weighted by Crippen LogP contribution is -2.34. The molecule has 0 bridgehead atoms. The summed E-state index contributed by atoms with van der Waals surface area (Å²) in [6.45, 7) is 5.82. The normalized spacial score (nSPS) is 18.9. The molecule has 1 unspecified atom stereocenters. The summed E-state index contributed by atoms with van der Waals surface area (Å²) < 4.78 is 0. The van der Waals surface area contributed by atoms with E-state index in [0.717, 1.165) is 19.5 Å². The molecule has 1 atom stereocenters. The topological polar surface area (TPSA) is 42.3 Å². The monoisotopic (exact) mass is 224 g/mol. The first-order valence-electron chi connectivity index (χ1n) is 6.24. The van der Waals surface area contributed by atoms with Crippen molar-refractivity contribution in [2.45, 2.75) is 25.3 Å². The number of hydrogen-bond donors (Lipinski definition) is 1. The summed E-state index contributed by atoms with van der Waals surface area (Å²) in [5.41, 5.74) is 0. The molecular weight excluding hydrogens is 200 g/mol. The Kier molecular flexibility index (Phi) is 6.39. The zero-order chi connectivity index (χ0) is 11.8. The van der Waals surface area contributed by atoms with Gasteiger partial charge in [-0.2, -0.15) is 5.26 Å². The lowest BCUT2D eigenvalue weighted by molar-refractivity contribution is 0.252. The highest BCUT2D eigenvalue weighted by Gasteiger charge is 2.12. The van der Waals surface area contributed by atoms with Gasteiger partial charge in [0.2, 0.25) is 0 Å². The minimum atomic E-state index is -0.00534. The highest BCUT2D eigenvalue weighted by atomic mass is 15.2. The second kappa shape index (κ2) is 7.61. The van der Waals surface area contributed by atoms with Gasteiger partial charge in [0.15, 0.2) is 0 Å². The molecule has 0 saturated carbocycles. The van der Waals surface area contributed by atoms with E-state index in [4.69, 9.17) is 5.26 Å². The Morgan fingerprint density at radius 1 is 1.38 bits per heavy atom. The Morgan fingerprint density at radius 2 is 2.06 bits per heavy atom. The minimum absolute atomic E-state index is 0.00534. The average Bonchev–Trinajstić information content (AvgIpc) is 2.80. The second-order valence-corrected chi connectivity index (χ2v) is 4.61. The van der Waals surface area contributed by atoms with Crippen molar-refractivity contribution in [3.05, 3.63) is 0 Å². The standard InChI is InChI=1S/C12H24N4/c1-14-12(11-13)5-8-15(2)9-10-16-6-3-4-7-16/h12,14H,3-10H2,1-2H3. The van der Waals surface area contributed by atoms with Gasteiger partial charge in [-0.15, -0.1) is 0 Å². The molecule has 0 radical (unpaired) electrons. The fourth-order valence-electron chi connectivity index (χ4n) is 2.05. The Balaban J connectivity index is 2.06. The van der Waals surface area contributed by atoms with Crippen molar-refractivity contribution < 1.29 is 0 Å². The first kappa shape index (κ1) is 13.4. The Bertz CT molecular complexity index is 218. The van der Waals surface area contributed by atoms with Gasteiger partial charge < -0.3 is 15.1 Å². The third kappa shape index (κ3) is 4.93. The number of nitrogens with one attached hydrogen (secondary N) is 1. The second-order valence-electron chi connectivity index (χ2n) is 4.61. The van der Waals surface area contributed by atoms with Crippen LogP contribution in [0.2, 0.25) is 0 Å². The van der Waals surface area contributed by atoms with Crippen molar-refractivity contribution in [2.75, 3.05) is 46.8 Å². The maximum Gasteiger partial charge on any atom is 0.0962 e. The number of likely N-dealkylation sites (tertiary alicyclic amines) is 1. The molecule has 1 heterocycles. The van der Waals surface area contributed by atoms with Crippen LogP contribution >= 0.6 is 0 Å². The van der Waals surface area contributed by atoms with Gasteiger partial charge in [-0.3, -0.25) is 0 Å². The van der Waals surface area contributed by atoms with E-state index in [9.17, 15) is 0 Å². The lowest BCUT2D eigenvalue weighted by Gasteiger charge is -2.21. The molecule has 0 aromatic carbocycles. The highest BCUT2D eigenvalue weighted by Crippen LogP contribution is 2.06. The predicted octanol–water partition coefficient (Wildman–Crippen LogP) is 0.516. The maximum absolute atomic E-state index is 8.80. The summed E-state index contributed by atoms with van der Waals surface area (Å²) in [6, 6.07) is 2.25. The van der Waals surface area contributed by atoms with Gasteiger partial charge in [-0.25, -0.2) is 0 Å². The van der Waals surface area contributed by atoms with E-state index in [1.807, 2.05) is 7.05 Å². The van der Waals surface area contributed by atoms with Crippen LogP contribution in [0, 0.1) is 11.3 Å². The summed E-state index contributed by atoms with van der Waals surface area (Å²) in [5, 5.41) is 11.8. The predicted molar refractivity (Wildman–Crippen MR) is 66.2 cm³/mol. The third-order valence-corrected chi connectivity index (χ3v) is 3.30. The minimum Gasteiger partial charge on any atom is -0.305 e. The van der Waals surface area contributed by atoms with E-state index in [1.54, 1.807) is 0 Å². The van der Waals surface area contributed by atoms with Crippen LogP contribution in [-0.2, 0) is 0 Å². The Hall–Kier alpha value is -0.630. The number of hydrogen-bond acceptors (Lipinski definition) is 4. The van der Waals surface area contributed by atoms with Crippen molar-refractivity contribution in [1.82, 2.24) is 15.1 Å². The molecule has 4 heteroatoms. The maximum atomic E-state index is 8.80. The zero-order valence-corrected chi connectivity index (χ0v) is 10.6. The SMILES string of the molecule is CNC(C#N)CCN(C)CCN1CCCC1. The van der Waals surface area contributed by atoms with E-state index in [-0.39, 0.29) is 6.04 Å². The molecule has 16 heavy (non-hydrogen) atoms. The van der Waals surface area contributed by atoms with Crippen molar-refractivity contribution in [3.63, 3.8) is 0 Å². The van der Waals surface area contributed by atoms with Crippen molar-refractivity contribution in [1.29, 1.82) is 5.26 Å². The van der Waals surface area contributed by atoms with Gasteiger partial charge in [-0.05, 0) is 46.4 Å². The van der Waals surface area contributed by atoms with E-state index in [2.05, 4.69) is 28.2 Å². The first-order chi connectivity index (χ1) is 7.76. The van der Waals surface area contributed by atoms with Gasteiger partial charge in [0.05, 0.1) is 12.1 Å². The van der Waals surface area contributed by atoms with E-state index < -0.39 is 0 Å². The van der Waals surface area contributed by atoms with Crippen LogP contribution in [-0.4, -0.2) is 62.7 Å². The molecule has 92 valence electrons. The van der Waals surface area contributed by atoms with Crippen LogP contribution in [0.25, 0.3) is 0 Å². The summed E-state index contributed by atoms with van der Waals surface area (Å²) >= 11 is 0. The molecular formula is C12H24N4. The molecule has 1 rings (SSSR count). The number of nitriles is 1. The van der Waals surface area contributed by atoms with Crippen molar-refractivity contribution in [2.24, 2.45) is 0 Å².